The van der Waals surface area contributed by atoms with Crippen LogP contribution in [0.4, 0.5) is 16.2 Å². The van der Waals surface area contributed by atoms with Crippen molar-refractivity contribution in [2.24, 2.45) is 5.92 Å². The number of aliphatic hydroxyl groups excluding tert-OH is 1. The second-order valence-electron chi connectivity index (χ2n) is 9.24. The van der Waals surface area contributed by atoms with E-state index in [1.807, 2.05) is 39.7 Å². The van der Waals surface area contributed by atoms with Crippen LogP contribution in [0.5, 0.6) is 0 Å². The smallest absolute Gasteiger partial charge is 0.225 e. The Morgan fingerprint density at radius 3 is 2.73 bits per heavy atom. The molecule has 1 aliphatic carbocycles. The maximum absolute atomic E-state index is 13.8. The highest BCUT2D eigenvalue weighted by molar-refractivity contribution is 9.10. The molecule has 3 aromatic rings. The number of nitrogens with zero attached hydrogens (tertiary/aromatic N) is 6. The van der Waals surface area contributed by atoms with E-state index < -0.39 is 6.35 Å². The number of hydrogen-bond donors (Lipinski definition) is 2. The quantitative estimate of drug-likeness (QED) is 0.517. The third kappa shape index (κ3) is 4.22. The average molecular weight is 516 g/mol. The SMILES string of the molecule is CC(C)[C@H]1CN(C)C(O)N1c1ccnc(NC2(c3cn(-c4cc(F)cc(Br)c4)cn3)CC2)n1. The summed E-state index contributed by atoms with van der Waals surface area (Å²) in [4.78, 5) is 17.6. The van der Waals surface area contributed by atoms with Crippen molar-refractivity contribution in [2.45, 2.75) is 44.6 Å². The van der Waals surface area contributed by atoms with Gasteiger partial charge in [0.25, 0.3) is 0 Å². The summed E-state index contributed by atoms with van der Waals surface area (Å²) in [5.41, 5.74) is 1.20. The molecule has 33 heavy (non-hydrogen) atoms. The summed E-state index contributed by atoms with van der Waals surface area (Å²) >= 11 is 3.34. The van der Waals surface area contributed by atoms with Gasteiger partial charge in [-0.3, -0.25) is 4.90 Å². The molecule has 8 nitrogen and oxygen atoms in total. The highest BCUT2D eigenvalue weighted by Gasteiger charge is 2.47. The first-order valence-electron chi connectivity index (χ1n) is 11.0. The molecule has 0 amide bonds. The third-order valence-electron chi connectivity index (χ3n) is 6.47. The van der Waals surface area contributed by atoms with E-state index in [-0.39, 0.29) is 17.4 Å². The summed E-state index contributed by atoms with van der Waals surface area (Å²) in [7, 11) is 1.91. The first kappa shape index (κ1) is 22.2. The summed E-state index contributed by atoms with van der Waals surface area (Å²) in [6.07, 6.45) is 6.39. The van der Waals surface area contributed by atoms with E-state index in [1.54, 1.807) is 12.5 Å². The van der Waals surface area contributed by atoms with Gasteiger partial charge in [0, 0.05) is 29.5 Å². The van der Waals surface area contributed by atoms with Crippen LogP contribution in [-0.4, -0.2) is 55.5 Å². The van der Waals surface area contributed by atoms with Crippen LogP contribution in [0.15, 0.2) is 47.5 Å². The van der Waals surface area contributed by atoms with Gasteiger partial charge in [0.05, 0.1) is 23.2 Å². The fraction of sp³-hybridized carbons (Fsp3) is 0.435. The van der Waals surface area contributed by atoms with Crippen LogP contribution >= 0.6 is 15.9 Å². The molecule has 0 radical (unpaired) electrons. The fourth-order valence-corrected chi connectivity index (χ4v) is 4.87. The number of imidazole rings is 1. The molecule has 0 spiro atoms. The van der Waals surface area contributed by atoms with Crippen LogP contribution in [0, 0.1) is 11.7 Å². The fourth-order valence-electron chi connectivity index (χ4n) is 4.42. The van der Waals surface area contributed by atoms with Gasteiger partial charge in [-0.1, -0.05) is 29.8 Å². The van der Waals surface area contributed by atoms with Crippen LogP contribution in [0.3, 0.4) is 0 Å². The van der Waals surface area contributed by atoms with Crippen LogP contribution in [0.2, 0.25) is 0 Å². The Labute approximate surface area is 200 Å². The standard InChI is InChI=1S/C23H27BrFN7O/c1-14(2)18-11-30(3)22(33)32(18)20-4-7-26-21(28-20)29-23(5-6-23)19-12-31(13-27-19)17-9-15(24)8-16(25)10-17/h4,7-10,12-14,18,22,33H,5-6,11H2,1-3H3,(H,26,28,29)/t18-,22?/m1/s1. The van der Waals surface area contributed by atoms with E-state index in [2.05, 4.69) is 45.1 Å². The second kappa shape index (κ2) is 8.34. The van der Waals surface area contributed by atoms with E-state index in [1.165, 1.54) is 12.1 Å². The normalized spacial score (nSPS) is 22.2. The van der Waals surface area contributed by atoms with Gasteiger partial charge in [-0.25, -0.2) is 14.4 Å². The van der Waals surface area contributed by atoms with E-state index in [4.69, 9.17) is 4.98 Å². The molecule has 1 aliphatic heterocycles. The van der Waals surface area contributed by atoms with Crippen LogP contribution in [-0.2, 0) is 5.54 Å². The van der Waals surface area contributed by atoms with Crippen molar-refractivity contribution in [3.05, 3.63) is 59.0 Å². The molecule has 5 rings (SSSR count). The van der Waals surface area contributed by atoms with Gasteiger partial charge < -0.3 is 19.9 Å². The lowest BCUT2D eigenvalue weighted by Gasteiger charge is -2.30. The van der Waals surface area contributed by atoms with Gasteiger partial charge >= 0.3 is 0 Å². The zero-order valence-corrected chi connectivity index (χ0v) is 20.4. The number of halogens is 2. The number of aromatic nitrogens is 4. The van der Waals surface area contributed by atoms with Gasteiger partial charge in [-0.2, -0.15) is 4.98 Å². The Bertz CT molecular complexity index is 1140. The number of likely N-dealkylation sites (N-methyl/N-ethyl adjacent to an activating group) is 1. The molecule has 2 fully saturated rings. The minimum atomic E-state index is -0.726. The minimum absolute atomic E-state index is 0.156. The topological polar surface area (TPSA) is 82.3 Å². The molecule has 2 atom stereocenters. The van der Waals surface area contributed by atoms with Crippen molar-refractivity contribution in [2.75, 3.05) is 23.8 Å². The Kier molecular flexibility index (Phi) is 5.62. The first-order chi connectivity index (χ1) is 15.8. The van der Waals surface area contributed by atoms with Crippen LogP contribution < -0.4 is 10.2 Å². The summed E-state index contributed by atoms with van der Waals surface area (Å²) in [6, 6.07) is 6.73. The Balaban J connectivity index is 1.39. The van der Waals surface area contributed by atoms with Crippen LogP contribution in [0.1, 0.15) is 32.4 Å². The van der Waals surface area contributed by atoms with E-state index in [0.29, 0.717) is 27.8 Å². The lowest BCUT2D eigenvalue weighted by atomic mass is 10.0. The molecule has 0 bridgehead atoms. The van der Waals surface area contributed by atoms with Crippen LogP contribution in [0.25, 0.3) is 5.69 Å². The summed E-state index contributed by atoms with van der Waals surface area (Å²) in [5, 5.41) is 14.2. The maximum Gasteiger partial charge on any atom is 0.225 e. The Morgan fingerprint density at radius 1 is 1.24 bits per heavy atom. The number of aliphatic hydroxyl groups is 1. The summed E-state index contributed by atoms with van der Waals surface area (Å²) in [6.45, 7) is 5.07. The molecule has 2 aliphatic rings. The van der Waals surface area contributed by atoms with E-state index in [0.717, 1.165) is 25.1 Å². The number of rotatable bonds is 6. The highest BCUT2D eigenvalue weighted by atomic mass is 79.9. The molecule has 1 saturated heterocycles. The predicted molar refractivity (Wildman–Crippen MR) is 128 cm³/mol. The van der Waals surface area contributed by atoms with Crippen molar-refractivity contribution in [1.29, 1.82) is 0 Å². The van der Waals surface area contributed by atoms with Gasteiger partial charge in [0.1, 0.15) is 11.6 Å². The van der Waals surface area contributed by atoms with Crippen molar-refractivity contribution >= 4 is 27.7 Å². The van der Waals surface area contributed by atoms with E-state index in [9.17, 15) is 9.50 Å². The highest BCUT2D eigenvalue weighted by Crippen LogP contribution is 2.47. The molecule has 1 saturated carbocycles. The molecule has 174 valence electrons. The Morgan fingerprint density at radius 2 is 2.03 bits per heavy atom. The number of hydrogen-bond acceptors (Lipinski definition) is 7. The Hall–Kier alpha value is -2.56. The molecule has 2 aromatic heterocycles. The van der Waals surface area contributed by atoms with E-state index >= 15 is 0 Å². The van der Waals surface area contributed by atoms with Crippen molar-refractivity contribution < 1.29 is 9.50 Å². The molecular weight excluding hydrogens is 489 g/mol. The largest absolute Gasteiger partial charge is 0.361 e. The summed E-state index contributed by atoms with van der Waals surface area (Å²) in [5.74, 6) is 1.23. The molecular formula is C23H27BrFN7O. The predicted octanol–water partition coefficient (Wildman–Crippen LogP) is 3.72. The lowest BCUT2D eigenvalue weighted by molar-refractivity contribution is 0.0583. The second-order valence-corrected chi connectivity index (χ2v) is 10.2. The monoisotopic (exact) mass is 515 g/mol. The van der Waals surface area contributed by atoms with Crippen molar-refractivity contribution in [1.82, 2.24) is 24.4 Å². The zero-order chi connectivity index (χ0) is 23.3. The van der Waals surface area contributed by atoms with Crippen molar-refractivity contribution in [3.8, 4) is 5.69 Å². The van der Waals surface area contributed by atoms with Gasteiger partial charge in [0.15, 0.2) is 6.35 Å². The molecule has 2 N–H and O–H groups in total. The molecule has 10 heteroatoms. The summed E-state index contributed by atoms with van der Waals surface area (Å²) < 4.78 is 16.3. The number of anilines is 2. The molecule has 1 aromatic carbocycles. The third-order valence-corrected chi connectivity index (χ3v) is 6.93. The van der Waals surface area contributed by atoms with Gasteiger partial charge in [-0.15, -0.1) is 0 Å². The molecule has 3 heterocycles. The number of benzene rings is 1. The maximum atomic E-state index is 13.8. The van der Waals surface area contributed by atoms with Gasteiger partial charge in [0.2, 0.25) is 5.95 Å². The first-order valence-corrected chi connectivity index (χ1v) is 11.8. The van der Waals surface area contributed by atoms with Gasteiger partial charge in [-0.05, 0) is 50.1 Å². The average Bonchev–Trinajstić information content (AvgIpc) is 3.23. The lowest BCUT2D eigenvalue weighted by Crippen LogP contribution is -2.42. The zero-order valence-electron chi connectivity index (χ0n) is 18.8. The van der Waals surface area contributed by atoms with Crippen molar-refractivity contribution in [3.63, 3.8) is 0 Å². The number of nitrogens with one attached hydrogen (secondary N) is 1. The molecule has 1 unspecified atom stereocenters. The minimum Gasteiger partial charge on any atom is -0.361 e.